The van der Waals surface area contributed by atoms with Crippen molar-refractivity contribution in [2.75, 3.05) is 0 Å². The molecule has 0 aromatic carbocycles. The first-order valence-electron chi connectivity index (χ1n) is 10.6. The Morgan fingerprint density at radius 3 is 2.35 bits per heavy atom. The molecule has 0 aliphatic heterocycles. The highest BCUT2D eigenvalue weighted by molar-refractivity contribution is 5.88. The number of hydrogen-bond donors (Lipinski definition) is 0. The fourth-order valence-corrected chi connectivity index (χ4v) is 7.04. The van der Waals surface area contributed by atoms with Gasteiger partial charge in [-0.1, -0.05) is 52.8 Å². The van der Waals surface area contributed by atoms with Gasteiger partial charge in [0.05, 0.1) is 0 Å². The Labute approximate surface area is 159 Å². The molecule has 2 heteroatoms. The lowest BCUT2D eigenvalue weighted by molar-refractivity contribution is -0.163. The van der Waals surface area contributed by atoms with Crippen molar-refractivity contribution < 1.29 is 9.53 Å². The zero-order valence-corrected chi connectivity index (χ0v) is 17.6. The van der Waals surface area contributed by atoms with Gasteiger partial charge in [0, 0.05) is 11.0 Å². The average molecular weight is 357 g/mol. The highest BCUT2D eigenvalue weighted by atomic mass is 16.6. The highest BCUT2D eigenvalue weighted by Crippen LogP contribution is 2.68. The van der Waals surface area contributed by atoms with Crippen molar-refractivity contribution in [1.82, 2.24) is 0 Å². The molecule has 4 bridgehead atoms. The Hall–Kier alpha value is -1.05. The van der Waals surface area contributed by atoms with Crippen LogP contribution >= 0.6 is 0 Å². The van der Waals surface area contributed by atoms with Crippen LogP contribution in [0.1, 0.15) is 80.1 Å². The van der Waals surface area contributed by atoms with Gasteiger partial charge in [-0.25, -0.2) is 4.79 Å². The molecule has 4 aliphatic rings. The molecule has 144 valence electrons. The van der Waals surface area contributed by atoms with Crippen LogP contribution in [0.4, 0.5) is 0 Å². The molecule has 5 atom stereocenters. The summed E-state index contributed by atoms with van der Waals surface area (Å²) >= 11 is 0. The van der Waals surface area contributed by atoms with Gasteiger partial charge >= 0.3 is 5.97 Å². The maximum absolute atomic E-state index is 13.0. The summed E-state index contributed by atoms with van der Waals surface area (Å²) in [5, 5.41) is 0. The van der Waals surface area contributed by atoms with Crippen LogP contribution in [0, 0.1) is 34.0 Å². The minimum absolute atomic E-state index is 0.0994. The summed E-state index contributed by atoms with van der Waals surface area (Å²) in [4.78, 5) is 13.0. The molecule has 0 N–H and O–H groups in total. The van der Waals surface area contributed by atoms with Gasteiger partial charge < -0.3 is 4.74 Å². The lowest BCUT2D eigenvalue weighted by Crippen LogP contribution is -2.45. The molecule has 4 saturated carbocycles. The van der Waals surface area contributed by atoms with Crippen LogP contribution in [-0.2, 0) is 9.53 Å². The Bertz CT molecular complexity index is 697. The fraction of sp³-hybridized carbons (Fsp3) is 0.792. The molecule has 4 rings (SSSR count). The lowest BCUT2D eigenvalue weighted by atomic mass is 9.66. The molecule has 0 saturated heterocycles. The van der Waals surface area contributed by atoms with E-state index in [1.807, 2.05) is 6.92 Å². The number of fused-ring (bicyclic) bond motifs is 4. The Morgan fingerprint density at radius 2 is 1.85 bits per heavy atom. The van der Waals surface area contributed by atoms with Gasteiger partial charge in [-0.15, -0.1) is 0 Å². The molecular weight excluding hydrogens is 320 g/mol. The Morgan fingerprint density at radius 1 is 1.15 bits per heavy atom. The molecule has 0 aromatic rings. The van der Waals surface area contributed by atoms with Crippen molar-refractivity contribution in [3.63, 3.8) is 0 Å². The first kappa shape index (κ1) is 18.3. The number of ether oxygens (including phenoxy) is 1. The summed E-state index contributed by atoms with van der Waals surface area (Å²) in [5.41, 5.74) is 2.34. The van der Waals surface area contributed by atoms with Crippen molar-refractivity contribution in [2.45, 2.75) is 85.7 Å². The van der Waals surface area contributed by atoms with Crippen LogP contribution in [0.2, 0.25) is 0 Å². The van der Waals surface area contributed by atoms with Crippen LogP contribution in [0.5, 0.6) is 0 Å². The molecule has 0 aromatic heterocycles. The second-order valence-electron chi connectivity index (χ2n) is 11.0. The van der Waals surface area contributed by atoms with E-state index < -0.39 is 0 Å². The second kappa shape index (κ2) is 5.26. The van der Waals surface area contributed by atoms with Crippen LogP contribution in [0.3, 0.4) is 0 Å². The standard InChI is InChI=1S/C24H36O2/c1-15(12-19-13-18-9-10-23(19,7)22(18,5)6)20(25)26-24-11-8-17(14-24)16(2)21(24,3)4/h12,17-19H,2,8-11,13-14H2,1,3-7H3/b15-12+. The topological polar surface area (TPSA) is 26.3 Å². The number of allylic oxidation sites excluding steroid dienone is 1. The Balaban J connectivity index is 1.53. The molecule has 2 nitrogen and oxygen atoms in total. The molecule has 0 radical (unpaired) electrons. The third kappa shape index (κ3) is 2.08. The number of carbonyl (C=O) groups excluding carboxylic acids is 1. The molecule has 0 heterocycles. The molecule has 5 unspecified atom stereocenters. The van der Waals surface area contributed by atoms with E-state index >= 15 is 0 Å². The fourth-order valence-electron chi connectivity index (χ4n) is 7.04. The van der Waals surface area contributed by atoms with Crippen LogP contribution in [0.15, 0.2) is 23.8 Å². The van der Waals surface area contributed by atoms with Gasteiger partial charge in [0.25, 0.3) is 0 Å². The normalized spacial score (nSPS) is 45.4. The molecule has 0 spiro atoms. The number of hydrogen-bond acceptors (Lipinski definition) is 2. The minimum atomic E-state index is -0.335. The predicted octanol–water partition coefficient (Wildman–Crippen LogP) is 6.07. The van der Waals surface area contributed by atoms with E-state index in [9.17, 15) is 4.79 Å². The average Bonchev–Trinajstić information content (AvgIpc) is 3.18. The Kier molecular flexibility index (Phi) is 3.71. The quantitative estimate of drug-likeness (QED) is 0.348. The summed E-state index contributed by atoms with van der Waals surface area (Å²) in [7, 11) is 0. The molecule has 26 heavy (non-hydrogen) atoms. The summed E-state index contributed by atoms with van der Waals surface area (Å²) < 4.78 is 6.24. The highest BCUT2D eigenvalue weighted by Gasteiger charge is 2.62. The van der Waals surface area contributed by atoms with E-state index in [1.165, 1.54) is 24.8 Å². The first-order chi connectivity index (χ1) is 11.9. The third-order valence-electron chi connectivity index (χ3n) is 9.83. The van der Waals surface area contributed by atoms with Gasteiger partial charge in [0.1, 0.15) is 5.60 Å². The zero-order valence-electron chi connectivity index (χ0n) is 17.6. The van der Waals surface area contributed by atoms with E-state index in [0.29, 0.717) is 22.7 Å². The molecule has 4 fully saturated rings. The van der Waals surface area contributed by atoms with Gasteiger partial charge in [0.2, 0.25) is 0 Å². The summed E-state index contributed by atoms with van der Waals surface area (Å²) in [6.07, 6.45) is 9.18. The van der Waals surface area contributed by atoms with Crippen molar-refractivity contribution in [2.24, 2.45) is 34.0 Å². The van der Waals surface area contributed by atoms with Gasteiger partial charge in [0.15, 0.2) is 0 Å². The molecular formula is C24H36O2. The lowest BCUT2D eigenvalue weighted by Gasteiger charge is -2.42. The van der Waals surface area contributed by atoms with Crippen molar-refractivity contribution in [3.05, 3.63) is 23.8 Å². The van der Waals surface area contributed by atoms with Crippen molar-refractivity contribution >= 4 is 5.97 Å². The van der Waals surface area contributed by atoms with Gasteiger partial charge in [-0.2, -0.15) is 0 Å². The van der Waals surface area contributed by atoms with Crippen molar-refractivity contribution in [3.8, 4) is 0 Å². The zero-order chi connectivity index (χ0) is 19.1. The molecule has 4 aliphatic carbocycles. The maximum atomic E-state index is 13.0. The van der Waals surface area contributed by atoms with Gasteiger partial charge in [-0.3, -0.25) is 0 Å². The number of carbonyl (C=O) groups is 1. The number of esters is 1. The summed E-state index contributed by atoms with van der Waals surface area (Å²) in [6, 6.07) is 0. The van der Waals surface area contributed by atoms with Gasteiger partial charge in [-0.05, 0) is 74.0 Å². The summed E-state index contributed by atoms with van der Waals surface area (Å²) in [5.74, 6) is 1.73. The van der Waals surface area contributed by atoms with Crippen LogP contribution in [-0.4, -0.2) is 11.6 Å². The van der Waals surface area contributed by atoms with E-state index in [4.69, 9.17) is 4.74 Å². The monoisotopic (exact) mass is 356 g/mol. The van der Waals surface area contributed by atoms with E-state index in [-0.39, 0.29) is 17.0 Å². The van der Waals surface area contributed by atoms with Crippen molar-refractivity contribution in [1.29, 1.82) is 0 Å². The SMILES string of the molecule is C=C1C2CCC(OC(=O)/C(C)=C/C3CC4CCC3(C)C4(C)C)(C2)C1(C)C. The van der Waals surface area contributed by atoms with Crippen LogP contribution in [0.25, 0.3) is 0 Å². The maximum Gasteiger partial charge on any atom is 0.333 e. The van der Waals surface area contributed by atoms with E-state index in [0.717, 1.165) is 30.8 Å². The predicted molar refractivity (Wildman–Crippen MR) is 106 cm³/mol. The number of rotatable bonds is 3. The smallest absolute Gasteiger partial charge is 0.333 e. The third-order valence-corrected chi connectivity index (χ3v) is 9.83. The minimum Gasteiger partial charge on any atom is -0.455 e. The summed E-state index contributed by atoms with van der Waals surface area (Å²) in [6.45, 7) is 18.0. The van der Waals surface area contributed by atoms with E-state index in [1.54, 1.807) is 0 Å². The molecule has 0 amide bonds. The van der Waals surface area contributed by atoms with Crippen LogP contribution < -0.4 is 0 Å². The first-order valence-corrected chi connectivity index (χ1v) is 10.6. The largest absolute Gasteiger partial charge is 0.455 e. The van der Waals surface area contributed by atoms with E-state index in [2.05, 4.69) is 47.3 Å². The second-order valence-corrected chi connectivity index (χ2v) is 11.0.